The number of hydrogen-bond acceptors (Lipinski definition) is 4. The lowest BCUT2D eigenvalue weighted by molar-refractivity contribution is -0.383. The Bertz CT molecular complexity index is 433. The Morgan fingerprint density at radius 1 is 1.56 bits per heavy atom. The van der Waals surface area contributed by atoms with E-state index in [4.69, 9.17) is 11.6 Å². The maximum Gasteiger partial charge on any atom is 0.293 e. The Labute approximate surface area is 111 Å². The van der Waals surface area contributed by atoms with E-state index in [1.165, 1.54) is 12.5 Å². The second-order valence-electron chi connectivity index (χ2n) is 4.49. The van der Waals surface area contributed by atoms with Gasteiger partial charge in [-0.05, 0) is 44.0 Å². The number of nitrogens with zero attached hydrogens (tertiary/aromatic N) is 1. The predicted molar refractivity (Wildman–Crippen MR) is 72.2 cm³/mol. The second-order valence-corrected chi connectivity index (χ2v) is 4.93. The highest BCUT2D eigenvalue weighted by Crippen LogP contribution is 2.27. The lowest BCUT2D eigenvalue weighted by atomic mass is 10.1. The molecule has 6 heteroatoms. The summed E-state index contributed by atoms with van der Waals surface area (Å²) in [6.45, 7) is 2.87. The van der Waals surface area contributed by atoms with Gasteiger partial charge in [-0.15, -0.1) is 0 Å². The van der Waals surface area contributed by atoms with Gasteiger partial charge in [-0.1, -0.05) is 11.6 Å². The van der Waals surface area contributed by atoms with E-state index in [-0.39, 0.29) is 5.69 Å². The van der Waals surface area contributed by atoms with Crippen molar-refractivity contribution in [1.82, 2.24) is 5.32 Å². The highest BCUT2D eigenvalue weighted by molar-refractivity contribution is 6.30. The lowest BCUT2D eigenvalue weighted by Crippen LogP contribution is -2.13. The standard InChI is InChI=1S/C12H16ClN3O2/c13-10-1-2-11(12(7-10)16(17)18)15-6-4-9-3-5-14-8-9/h1-2,7,9,14-15H,3-6,8H2. The monoisotopic (exact) mass is 269 g/mol. The zero-order chi connectivity index (χ0) is 13.0. The van der Waals surface area contributed by atoms with Gasteiger partial charge in [0.15, 0.2) is 0 Å². The number of nitrogens with one attached hydrogen (secondary N) is 2. The highest BCUT2D eigenvalue weighted by Gasteiger charge is 2.16. The molecule has 2 rings (SSSR count). The molecule has 0 radical (unpaired) electrons. The van der Waals surface area contributed by atoms with E-state index >= 15 is 0 Å². The van der Waals surface area contributed by atoms with Crippen LogP contribution in [-0.2, 0) is 0 Å². The van der Waals surface area contributed by atoms with Crippen LogP contribution in [-0.4, -0.2) is 24.6 Å². The van der Waals surface area contributed by atoms with Gasteiger partial charge in [0.2, 0.25) is 0 Å². The fraction of sp³-hybridized carbons (Fsp3) is 0.500. The maximum absolute atomic E-state index is 10.9. The van der Waals surface area contributed by atoms with Crippen molar-refractivity contribution in [3.05, 3.63) is 33.3 Å². The first-order chi connectivity index (χ1) is 8.66. The van der Waals surface area contributed by atoms with Crippen molar-refractivity contribution in [2.24, 2.45) is 5.92 Å². The van der Waals surface area contributed by atoms with Crippen LogP contribution in [0.3, 0.4) is 0 Å². The van der Waals surface area contributed by atoms with Crippen LogP contribution in [0.4, 0.5) is 11.4 Å². The molecule has 1 aromatic carbocycles. The van der Waals surface area contributed by atoms with Crippen molar-refractivity contribution in [3.63, 3.8) is 0 Å². The van der Waals surface area contributed by atoms with Crippen LogP contribution >= 0.6 is 11.6 Å². The number of nitro groups is 1. The number of hydrogen-bond donors (Lipinski definition) is 2. The van der Waals surface area contributed by atoms with Crippen LogP contribution in [0.5, 0.6) is 0 Å². The zero-order valence-corrected chi connectivity index (χ0v) is 10.7. The van der Waals surface area contributed by atoms with Crippen LogP contribution in [0.2, 0.25) is 5.02 Å². The second kappa shape index (κ2) is 6.02. The van der Waals surface area contributed by atoms with Crippen LogP contribution in [0.1, 0.15) is 12.8 Å². The average Bonchev–Trinajstić information content (AvgIpc) is 2.84. The molecule has 98 valence electrons. The molecule has 1 aliphatic heterocycles. The fourth-order valence-electron chi connectivity index (χ4n) is 2.18. The minimum Gasteiger partial charge on any atom is -0.379 e. The number of benzene rings is 1. The predicted octanol–water partition coefficient (Wildman–Crippen LogP) is 2.66. The Kier molecular flexibility index (Phi) is 4.38. The molecule has 0 bridgehead atoms. The van der Waals surface area contributed by atoms with Gasteiger partial charge < -0.3 is 10.6 Å². The number of rotatable bonds is 5. The molecule has 0 amide bonds. The van der Waals surface area contributed by atoms with E-state index in [0.29, 0.717) is 16.6 Å². The molecule has 1 aliphatic rings. The first-order valence-corrected chi connectivity index (χ1v) is 6.43. The molecule has 1 saturated heterocycles. The first kappa shape index (κ1) is 13.1. The largest absolute Gasteiger partial charge is 0.379 e. The van der Waals surface area contributed by atoms with Gasteiger partial charge in [0, 0.05) is 17.6 Å². The van der Waals surface area contributed by atoms with Crippen molar-refractivity contribution in [2.45, 2.75) is 12.8 Å². The van der Waals surface area contributed by atoms with Crippen LogP contribution in [0.15, 0.2) is 18.2 Å². The molecule has 1 unspecified atom stereocenters. The third-order valence-electron chi connectivity index (χ3n) is 3.19. The molecule has 0 aromatic heterocycles. The molecule has 5 nitrogen and oxygen atoms in total. The summed E-state index contributed by atoms with van der Waals surface area (Å²) in [4.78, 5) is 10.5. The summed E-state index contributed by atoms with van der Waals surface area (Å²) >= 11 is 5.76. The maximum atomic E-state index is 10.9. The Morgan fingerprint density at radius 2 is 2.39 bits per heavy atom. The fourth-order valence-corrected chi connectivity index (χ4v) is 2.34. The minimum absolute atomic E-state index is 0.0343. The summed E-state index contributed by atoms with van der Waals surface area (Å²) < 4.78 is 0. The smallest absolute Gasteiger partial charge is 0.293 e. The molecular weight excluding hydrogens is 254 g/mol. The lowest BCUT2D eigenvalue weighted by Gasteiger charge is -2.10. The normalized spacial score (nSPS) is 18.8. The van der Waals surface area contributed by atoms with Gasteiger partial charge >= 0.3 is 0 Å². The number of nitro benzene ring substituents is 1. The Morgan fingerprint density at radius 3 is 3.06 bits per heavy atom. The minimum atomic E-state index is -0.411. The highest BCUT2D eigenvalue weighted by atomic mass is 35.5. The van der Waals surface area contributed by atoms with E-state index in [2.05, 4.69) is 10.6 Å². The molecule has 1 fully saturated rings. The van der Waals surface area contributed by atoms with Crippen molar-refractivity contribution in [1.29, 1.82) is 0 Å². The van der Waals surface area contributed by atoms with Gasteiger partial charge in [0.1, 0.15) is 5.69 Å². The SMILES string of the molecule is O=[N+]([O-])c1cc(Cl)ccc1NCCC1CCNC1. The topological polar surface area (TPSA) is 67.2 Å². The molecule has 0 aliphatic carbocycles. The number of halogens is 1. The number of anilines is 1. The van der Waals surface area contributed by atoms with Gasteiger partial charge in [-0.3, -0.25) is 10.1 Å². The molecule has 2 N–H and O–H groups in total. The Balaban J connectivity index is 1.93. The first-order valence-electron chi connectivity index (χ1n) is 6.05. The summed E-state index contributed by atoms with van der Waals surface area (Å²) in [5, 5.41) is 17.7. The third-order valence-corrected chi connectivity index (χ3v) is 3.42. The van der Waals surface area contributed by atoms with E-state index < -0.39 is 4.92 Å². The third kappa shape index (κ3) is 3.34. The molecule has 18 heavy (non-hydrogen) atoms. The van der Waals surface area contributed by atoms with Crippen molar-refractivity contribution >= 4 is 23.0 Å². The summed E-state index contributed by atoms with van der Waals surface area (Å²) in [5.41, 5.74) is 0.572. The molecule has 1 aromatic rings. The zero-order valence-electron chi connectivity index (χ0n) is 9.99. The van der Waals surface area contributed by atoms with Gasteiger partial charge in [0.05, 0.1) is 4.92 Å². The van der Waals surface area contributed by atoms with Crippen LogP contribution < -0.4 is 10.6 Å². The van der Waals surface area contributed by atoms with Crippen LogP contribution in [0.25, 0.3) is 0 Å². The Hall–Kier alpha value is -1.33. The molecule has 1 atom stereocenters. The van der Waals surface area contributed by atoms with E-state index in [9.17, 15) is 10.1 Å². The summed E-state index contributed by atoms with van der Waals surface area (Å²) in [6, 6.07) is 4.70. The summed E-state index contributed by atoms with van der Waals surface area (Å²) in [6.07, 6.45) is 2.21. The quantitative estimate of drug-likeness (QED) is 0.637. The van der Waals surface area contributed by atoms with Crippen molar-refractivity contribution in [2.75, 3.05) is 25.0 Å². The van der Waals surface area contributed by atoms with E-state index in [1.54, 1.807) is 12.1 Å². The van der Waals surface area contributed by atoms with Crippen LogP contribution in [0, 0.1) is 16.0 Å². The van der Waals surface area contributed by atoms with Gasteiger partial charge in [-0.25, -0.2) is 0 Å². The molecule has 1 heterocycles. The van der Waals surface area contributed by atoms with Gasteiger partial charge in [0.25, 0.3) is 5.69 Å². The van der Waals surface area contributed by atoms with Gasteiger partial charge in [-0.2, -0.15) is 0 Å². The van der Waals surface area contributed by atoms with Crippen molar-refractivity contribution < 1.29 is 4.92 Å². The molecule has 0 spiro atoms. The molecule has 0 saturated carbocycles. The average molecular weight is 270 g/mol. The van der Waals surface area contributed by atoms with Crippen molar-refractivity contribution in [3.8, 4) is 0 Å². The van der Waals surface area contributed by atoms with E-state index in [1.807, 2.05) is 0 Å². The summed E-state index contributed by atoms with van der Waals surface area (Å²) in [5.74, 6) is 0.670. The summed E-state index contributed by atoms with van der Waals surface area (Å²) in [7, 11) is 0. The molecular formula is C12H16ClN3O2. The van der Waals surface area contributed by atoms with E-state index in [0.717, 1.165) is 26.1 Å².